The van der Waals surface area contributed by atoms with Crippen molar-refractivity contribution in [2.24, 2.45) is 0 Å². The van der Waals surface area contributed by atoms with Crippen LogP contribution in [0.15, 0.2) is 22.8 Å². The molecular weight excluding hydrogens is 286 g/mol. The largest absolute Gasteiger partial charge is 0.453 e. The summed E-state index contributed by atoms with van der Waals surface area (Å²) in [6.45, 7) is 1.70. The van der Waals surface area contributed by atoms with E-state index in [1.54, 1.807) is 6.92 Å². The fourth-order valence-electron chi connectivity index (χ4n) is 1.34. The lowest BCUT2D eigenvalue weighted by Gasteiger charge is -2.10. The number of imide groups is 1. The van der Waals surface area contributed by atoms with Gasteiger partial charge < -0.3 is 4.74 Å². The number of alkyl carbamates (subject to hydrolysis) is 1. The molecule has 6 nitrogen and oxygen atoms in total. The maximum atomic E-state index is 11.7. The third-order valence-electron chi connectivity index (χ3n) is 2.29. The lowest BCUT2D eigenvalue weighted by atomic mass is 10.4. The van der Waals surface area contributed by atoms with Crippen LogP contribution in [0.25, 0.3) is 10.2 Å². The molecule has 0 saturated carbocycles. The van der Waals surface area contributed by atoms with Gasteiger partial charge in [0, 0.05) is 5.39 Å². The van der Waals surface area contributed by atoms with E-state index in [2.05, 4.69) is 20.0 Å². The van der Waals surface area contributed by atoms with Crippen LogP contribution in [0.4, 0.5) is 4.79 Å². The summed E-state index contributed by atoms with van der Waals surface area (Å²) in [5.41, 5.74) is 0. The molecule has 0 bridgehead atoms. The Labute approximate surface area is 117 Å². The fraction of sp³-hybridized carbons (Fsp3) is 0.273. The van der Waals surface area contributed by atoms with Gasteiger partial charge in [-0.2, -0.15) is 0 Å². The minimum absolute atomic E-state index is 0.418. The number of fused-ring (bicyclic) bond motifs is 1. The lowest BCUT2D eigenvalue weighted by Crippen LogP contribution is -2.35. The zero-order chi connectivity index (χ0) is 13.8. The summed E-state index contributed by atoms with van der Waals surface area (Å²) in [7, 11) is 1.21. The molecule has 0 saturated heterocycles. The smallest absolute Gasteiger partial charge is 0.413 e. The van der Waals surface area contributed by atoms with Crippen molar-refractivity contribution in [2.45, 2.75) is 17.2 Å². The van der Waals surface area contributed by atoms with Crippen molar-refractivity contribution in [2.75, 3.05) is 7.11 Å². The van der Waals surface area contributed by atoms with E-state index in [1.807, 2.05) is 11.4 Å². The van der Waals surface area contributed by atoms with Crippen molar-refractivity contribution in [1.82, 2.24) is 15.3 Å². The number of aromatic nitrogens is 2. The molecule has 19 heavy (non-hydrogen) atoms. The van der Waals surface area contributed by atoms with Crippen LogP contribution in [0.2, 0.25) is 0 Å². The third kappa shape index (κ3) is 3.21. The van der Waals surface area contributed by atoms with Crippen molar-refractivity contribution >= 4 is 45.3 Å². The van der Waals surface area contributed by atoms with Crippen LogP contribution in [-0.2, 0) is 9.53 Å². The summed E-state index contributed by atoms with van der Waals surface area (Å²) in [6, 6.07) is 1.91. The molecule has 8 heteroatoms. The minimum Gasteiger partial charge on any atom is -0.453 e. The van der Waals surface area contributed by atoms with Gasteiger partial charge in [0.05, 0.1) is 12.4 Å². The number of thioether (sulfide) groups is 1. The van der Waals surface area contributed by atoms with Crippen molar-refractivity contribution < 1.29 is 14.3 Å². The number of methoxy groups -OCH3 is 1. The Balaban J connectivity index is 2.10. The molecule has 2 aromatic rings. The molecule has 2 amide bonds. The summed E-state index contributed by atoms with van der Waals surface area (Å²) in [5.74, 6) is -0.418. The maximum absolute atomic E-state index is 11.7. The summed E-state index contributed by atoms with van der Waals surface area (Å²) < 4.78 is 4.37. The first-order chi connectivity index (χ1) is 9.11. The molecule has 1 N–H and O–H groups in total. The second kappa shape index (κ2) is 5.98. The maximum Gasteiger partial charge on any atom is 0.413 e. The molecule has 100 valence electrons. The van der Waals surface area contributed by atoms with Crippen molar-refractivity contribution in [3.05, 3.63) is 17.8 Å². The quantitative estimate of drug-likeness (QED) is 0.690. The van der Waals surface area contributed by atoms with Gasteiger partial charge >= 0.3 is 6.09 Å². The number of nitrogens with one attached hydrogen (secondary N) is 1. The minimum atomic E-state index is -0.763. The van der Waals surface area contributed by atoms with E-state index in [1.165, 1.54) is 36.5 Å². The Hall–Kier alpha value is -1.67. The number of rotatable bonds is 3. The first kappa shape index (κ1) is 13.8. The van der Waals surface area contributed by atoms with E-state index >= 15 is 0 Å². The van der Waals surface area contributed by atoms with Crippen LogP contribution in [0.1, 0.15) is 6.92 Å². The highest BCUT2D eigenvalue weighted by Gasteiger charge is 2.19. The SMILES string of the molecule is COC(=O)NC(=O)[C@@H](C)Sc1ncnc2sccc12. The van der Waals surface area contributed by atoms with E-state index < -0.39 is 17.3 Å². The molecule has 0 aliphatic carbocycles. The first-order valence-electron chi connectivity index (χ1n) is 5.35. The van der Waals surface area contributed by atoms with E-state index in [-0.39, 0.29) is 0 Å². The summed E-state index contributed by atoms with van der Waals surface area (Å²) in [4.78, 5) is 31.9. The van der Waals surface area contributed by atoms with E-state index in [0.29, 0.717) is 0 Å². The monoisotopic (exact) mass is 297 g/mol. The predicted octanol–water partition coefficient (Wildman–Crippen LogP) is 2.05. The highest BCUT2D eigenvalue weighted by molar-refractivity contribution is 8.00. The van der Waals surface area contributed by atoms with Gasteiger partial charge in [-0.1, -0.05) is 11.8 Å². The van der Waals surface area contributed by atoms with E-state index in [0.717, 1.165) is 15.2 Å². The van der Waals surface area contributed by atoms with Gasteiger partial charge in [0.15, 0.2) is 0 Å². The Kier molecular flexibility index (Phi) is 4.33. The highest BCUT2D eigenvalue weighted by Crippen LogP contribution is 2.30. The Morgan fingerprint density at radius 1 is 1.47 bits per heavy atom. The first-order valence-corrected chi connectivity index (χ1v) is 7.11. The lowest BCUT2D eigenvalue weighted by molar-refractivity contribution is -0.119. The van der Waals surface area contributed by atoms with Gasteiger partial charge in [-0.15, -0.1) is 11.3 Å². The second-order valence-corrected chi connectivity index (χ2v) is 5.78. The summed E-state index contributed by atoms with van der Waals surface area (Å²) in [5, 5.41) is 5.22. The predicted molar refractivity (Wildman–Crippen MR) is 73.3 cm³/mol. The van der Waals surface area contributed by atoms with E-state index in [4.69, 9.17) is 0 Å². The molecule has 0 unspecified atom stereocenters. The second-order valence-electron chi connectivity index (χ2n) is 3.56. The number of hydrogen-bond acceptors (Lipinski definition) is 7. The molecule has 0 aliphatic heterocycles. The highest BCUT2D eigenvalue weighted by atomic mass is 32.2. The number of ether oxygens (including phenoxy) is 1. The summed E-state index contributed by atoms with van der Waals surface area (Å²) >= 11 is 2.79. The fourth-order valence-corrected chi connectivity index (χ4v) is 3.03. The zero-order valence-corrected chi connectivity index (χ0v) is 11.9. The van der Waals surface area contributed by atoms with Crippen LogP contribution in [-0.4, -0.2) is 34.3 Å². The molecule has 2 rings (SSSR count). The molecular formula is C11H11N3O3S2. The van der Waals surface area contributed by atoms with Crippen molar-refractivity contribution in [3.63, 3.8) is 0 Å². The molecule has 0 radical (unpaired) electrons. The topological polar surface area (TPSA) is 81.2 Å². The van der Waals surface area contributed by atoms with Gasteiger partial charge in [0.25, 0.3) is 0 Å². The van der Waals surface area contributed by atoms with E-state index in [9.17, 15) is 9.59 Å². The number of hydrogen-bond donors (Lipinski definition) is 1. The standard InChI is InChI=1S/C11H11N3O3S2/c1-6(8(15)14-11(16)17-2)19-10-7-3-4-18-9(7)12-5-13-10/h3-6H,1-2H3,(H,14,15,16)/t6-/m1/s1. The molecule has 0 aliphatic rings. The Bertz CT molecular complexity index is 614. The molecule has 0 spiro atoms. The van der Waals surface area contributed by atoms with Crippen molar-refractivity contribution in [1.29, 1.82) is 0 Å². The molecule has 2 heterocycles. The van der Waals surface area contributed by atoms with Gasteiger partial charge in [-0.05, 0) is 18.4 Å². The van der Waals surface area contributed by atoms with Crippen molar-refractivity contribution in [3.8, 4) is 0 Å². The Morgan fingerprint density at radius 2 is 2.26 bits per heavy atom. The van der Waals surface area contributed by atoms with Crippen LogP contribution < -0.4 is 5.32 Å². The molecule has 0 aromatic carbocycles. The number of carbonyl (C=O) groups is 2. The number of carbonyl (C=O) groups excluding carboxylic acids is 2. The Morgan fingerprint density at radius 3 is 3.00 bits per heavy atom. The van der Waals surface area contributed by atoms with Crippen LogP contribution >= 0.6 is 23.1 Å². The van der Waals surface area contributed by atoms with Gasteiger partial charge in [0.2, 0.25) is 5.91 Å². The van der Waals surface area contributed by atoms with Gasteiger partial charge in [-0.25, -0.2) is 14.8 Å². The molecule has 0 fully saturated rings. The average Bonchev–Trinajstić information content (AvgIpc) is 2.87. The number of thiophene rings is 1. The van der Waals surface area contributed by atoms with Gasteiger partial charge in [-0.3, -0.25) is 10.1 Å². The summed E-state index contributed by atoms with van der Waals surface area (Å²) in [6.07, 6.45) is 0.701. The normalized spacial score (nSPS) is 12.1. The molecule has 2 aromatic heterocycles. The van der Waals surface area contributed by atoms with Crippen LogP contribution in [0, 0.1) is 0 Å². The molecule has 1 atom stereocenters. The number of amides is 2. The number of nitrogens with zero attached hydrogens (tertiary/aromatic N) is 2. The van der Waals surface area contributed by atoms with Crippen LogP contribution in [0.5, 0.6) is 0 Å². The average molecular weight is 297 g/mol. The van der Waals surface area contributed by atoms with Crippen LogP contribution in [0.3, 0.4) is 0 Å². The third-order valence-corrected chi connectivity index (χ3v) is 4.23. The zero-order valence-electron chi connectivity index (χ0n) is 10.2. The van der Waals surface area contributed by atoms with Gasteiger partial charge in [0.1, 0.15) is 16.2 Å².